The fourth-order valence-corrected chi connectivity index (χ4v) is 4.55. The highest BCUT2D eigenvalue weighted by Gasteiger charge is 2.40. The maximum absolute atomic E-state index is 13.5. The van der Waals surface area contributed by atoms with Gasteiger partial charge in [0.05, 0.1) is 4.88 Å². The van der Waals surface area contributed by atoms with Crippen LogP contribution in [0.4, 0.5) is 0 Å². The second-order valence-corrected chi connectivity index (χ2v) is 8.45. The summed E-state index contributed by atoms with van der Waals surface area (Å²) < 4.78 is 4.95. The van der Waals surface area contributed by atoms with Gasteiger partial charge < -0.3 is 14.5 Å². The van der Waals surface area contributed by atoms with E-state index in [0.717, 1.165) is 16.1 Å². The van der Waals surface area contributed by atoms with Crippen LogP contribution in [-0.2, 0) is 16.0 Å². The lowest BCUT2D eigenvalue weighted by Crippen LogP contribution is -2.41. The zero-order valence-corrected chi connectivity index (χ0v) is 18.6. The first-order chi connectivity index (χ1) is 14.3. The molecule has 158 valence electrons. The smallest absolute Gasteiger partial charge is 0.252 e. The lowest BCUT2D eigenvalue weighted by atomic mass is 9.92. The number of methoxy groups -OCH3 is 1. The normalized spacial score (nSPS) is 13.5. The molecule has 2 aromatic rings. The summed E-state index contributed by atoms with van der Waals surface area (Å²) in [7, 11) is 4.68. The van der Waals surface area contributed by atoms with Gasteiger partial charge in [0, 0.05) is 56.5 Å². The van der Waals surface area contributed by atoms with Crippen LogP contribution in [0.25, 0.3) is 0 Å². The molecule has 2 aromatic heterocycles. The van der Waals surface area contributed by atoms with Gasteiger partial charge in [-0.25, -0.2) is 0 Å². The lowest BCUT2D eigenvalue weighted by Gasteiger charge is -2.31. The van der Waals surface area contributed by atoms with E-state index in [9.17, 15) is 14.4 Å². The van der Waals surface area contributed by atoms with Gasteiger partial charge in [-0.3, -0.25) is 19.4 Å². The van der Waals surface area contributed by atoms with E-state index in [0.29, 0.717) is 23.4 Å². The highest BCUT2D eigenvalue weighted by molar-refractivity contribution is 7.15. The van der Waals surface area contributed by atoms with Crippen LogP contribution in [-0.4, -0.2) is 66.6 Å². The van der Waals surface area contributed by atoms with Gasteiger partial charge in [0.2, 0.25) is 11.6 Å². The standard InChI is InChI=1S/C22H25N3O4S/c1-13-14(2)30-22-17(13)20(27)19(25(4)16(26)12-29-5)18(21(22)28)24(3)11-9-15-8-6-7-10-23-15/h6-8,10H,9,11-12H2,1-5H3. The molecule has 0 saturated heterocycles. The highest BCUT2D eigenvalue weighted by atomic mass is 32.1. The van der Waals surface area contributed by atoms with E-state index in [4.69, 9.17) is 4.74 Å². The number of allylic oxidation sites excluding steroid dienone is 2. The Labute approximate surface area is 180 Å². The van der Waals surface area contributed by atoms with Gasteiger partial charge in [0.1, 0.15) is 18.0 Å². The Kier molecular flexibility index (Phi) is 6.48. The maximum Gasteiger partial charge on any atom is 0.252 e. The Morgan fingerprint density at radius 3 is 2.50 bits per heavy atom. The van der Waals surface area contributed by atoms with Crippen LogP contribution in [0.3, 0.4) is 0 Å². The van der Waals surface area contributed by atoms with Crippen molar-refractivity contribution in [3.63, 3.8) is 0 Å². The van der Waals surface area contributed by atoms with Crippen molar-refractivity contribution in [3.05, 3.63) is 62.4 Å². The molecule has 0 atom stereocenters. The second kappa shape index (κ2) is 8.89. The first kappa shape index (κ1) is 21.9. The molecule has 0 fully saturated rings. The summed E-state index contributed by atoms with van der Waals surface area (Å²) >= 11 is 1.33. The minimum atomic E-state index is -0.391. The molecule has 1 aliphatic carbocycles. The quantitative estimate of drug-likeness (QED) is 0.676. The number of aromatic nitrogens is 1. The number of ketones is 2. The number of amides is 1. The predicted molar refractivity (Wildman–Crippen MR) is 115 cm³/mol. The third kappa shape index (κ3) is 3.93. The fourth-order valence-electron chi connectivity index (χ4n) is 3.45. The van der Waals surface area contributed by atoms with Crippen molar-refractivity contribution >= 4 is 28.8 Å². The first-order valence-corrected chi connectivity index (χ1v) is 10.4. The van der Waals surface area contributed by atoms with Gasteiger partial charge >= 0.3 is 0 Å². The summed E-state index contributed by atoms with van der Waals surface area (Å²) in [6, 6.07) is 5.66. The van der Waals surface area contributed by atoms with Crippen molar-refractivity contribution in [2.24, 2.45) is 0 Å². The Balaban J connectivity index is 2.04. The van der Waals surface area contributed by atoms with E-state index in [2.05, 4.69) is 4.98 Å². The van der Waals surface area contributed by atoms with Crippen molar-refractivity contribution in [1.82, 2.24) is 14.8 Å². The first-order valence-electron chi connectivity index (χ1n) is 9.58. The van der Waals surface area contributed by atoms with Crippen LogP contribution in [0.1, 0.15) is 36.2 Å². The van der Waals surface area contributed by atoms with Crippen LogP contribution in [0.2, 0.25) is 0 Å². The number of thiophene rings is 1. The average Bonchev–Trinajstić information content (AvgIpc) is 3.04. The van der Waals surface area contributed by atoms with Crippen molar-refractivity contribution < 1.29 is 19.1 Å². The van der Waals surface area contributed by atoms with Crippen LogP contribution < -0.4 is 0 Å². The molecular weight excluding hydrogens is 402 g/mol. The molecule has 0 radical (unpaired) electrons. The SMILES string of the molecule is COCC(=O)N(C)C1=C(N(C)CCc2ccccn2)C(=O)c2sc(C)c(C)c2C1=O. The summed E-state index contributed by atoms with van der Waals surface area (Å²) in [4.78, 5) is 48.1. The molecule has 1 amide bonds. The molecule has 0 saturated carbocycles. The van der Waals surface area contributed by atoms with Gasteiger partial charge in [-0.1, -0.05) is 6.07 Å². The minimum absolute atomic E-state index is 0.0963. The van der Waals surface area contributed by atoms with E-state index in [1.165, 1.54) is 30.4 Å². The largest absolute Gasteiger partial charge is 0.375 e. The van der Waals surface area contributed by atoms with E-state index in [1.54, 1.807) is 18.1 Å². The molecule has 0 unspecified atom stereocenters. The van der Waals surface area contributed by atoms with Crippen molar-refractivity contribution in [2.45, 2.75) is 20.3 Å². The molecule has 0 aliphatic heterocycles. The van der Waals surface area contributed by atoms with Crippen molar-refractivity contribution in [3.8, 4) is 0 Å². The van der Waals surface area contributed by atoms with Crippen molar-refractivity contribution in [1.29, 1.82) is 0 Å². The topological polar surface area (TPSA) is 79.8 Å². The van der Waals surface area contributed by atoms with Crippen LogP contribution in [0.15, 0.2) is 35.8 Å². The van der Waals surface area contributed by atoms with Gasteiger partial charge in [0.15, 0.2) is 0 Å². The molecule has 3 rings (SSSR count). The Bertz CT molecular complexity index is 1030. The number of carbonyl (C=O) groups excluding carboxylic acids is 3. The van der Waals surface area contributed by atoms with Crippen LogP contribution in [0, 0.1) is 13.8 Å². The molecule has 0 spiro atoms. The highest BCUT2D eigenvalue weighted by Crippen LogP contribution is 2.37. The molecule has 8 heteroatoms. The molecular formula is C22H25N3O4S. The molecule has 0 bridgehead atoms. The minimum Gasteiger partial charge on any atom is -0.375 e. The lowest BCUT2D eigenvalue weighted by molar-refractivity contribution is -0.131. The van der Waals surface area contributed by atoms with Crippen LogP contribution >= 0.6 is 11.3 Å². The second-order valence-electron chi connectivity index (χ2n) is 7.22. The molecule has 0 aromatic carbocycles. The Morgan fingerprint density at radius 1 is 1.13 bits per heavy atom. The number of hydrogen-bond acceptors (Lipinski definition) is 7. The Hall–Kier alpha value is -2.84. The third-order valence-electron chi connectivity index (χ3n) is 5.26. The number of pyridine rings is 1. The number of hydrogen-bond donors (Lipinski definition) is 0. The number of nitrogens with zero attached hydrogens (tertiary/aromatic N) is 3. The zero-order chi connectivity index (χ0) is 22.0. The van der Waals surface area contributed by atoms with Crippen molar-refractivity contribution in [2.75, 3.05) is 34.4 Å². The molecule has 7 nitrogen and oxygen atoms in total. The van der Waals surface area contributed by atoms with Gasteiger partial charge in [0.25, 0.3) is 5.91 Å². The van der Waals surface area contributed by atoms with Crippen LogP contribution in [0.5, 0.6) is 0 Å². The predicted octanol–water partition coefficient (Wildman–Crippen LogP) is 2.63. The summed E-state index contributed by atoms with van der Waals surface area (Å²) in [6.07, 6.45) is 2.32. The zero-order valence-electron chi connectivity index (χ0n) is 17.8. The number of Topliss-reactive ketones (excluding diaryl/α,β-unsaturated/α-hetero) is 2. The monoisotopic (exact) mass is 427 g/mol. The van der Waals surface area contributed by atoms with E-state index in [1.807, 2.05) is 32.0 Å². The van der Waals surface area contributed by atoms with E-state index >= 15 is 0 Å². The number of likely N-dealkylation sites (N-methyl/N-ethyl adjacent to an activating group) is 2. The average molecular weight is 428 g/mol. The number of aryl methyl sites for hydroxylation is 1. The van der Waals surface area contributed by atoms with Gasteiger partial charge in [-0.2, -0.15) is 0 Å². The molecule has 30 heavy (non-hydrogen) atoms. The summed E-state index contributed by atoms with van der Waals surface area (Å²) in [5.74, 6) is -0.934. The van der Waals surface area contributed by atoms with Gasteiger partial charge in [-0.05, 0) is 31.5 Å². The molecule has 2 heterocycles. The maximum atomic E-state index is 13.5. The summed E-state index contributed by atoms with van der Waals surface area (Å²) in [5, 5.41) is 0. The number of rotatable bonds is 7. The third-order valence-corrected chi connectivity index (χ3v) is 6.47. The number of fused-ring (bicyclic) bond motifs is 1. The molecule has 0 N–H and O–H groups in total. The Morgan fingerprint density at radius 2 is 1.87 bits per heavy atom. The molecule has 1 aliphatic rings. The summed E-state index contributed by atoms with van der Waals surface area (Å²) in [6.45, 7) is 4.02. The summed E-state index contributed by atoms with van der Waals surface area (Å²) in [5.41, 5.74) is 2.40. The number of ether oxygens (including phenoxy) is 1. The fraction of sp³-hybridized carbons (Fsp3) is 0.364. The van der Waals surface area contributed by atoms with E-state index < -0.39 is 5.91 Å². The number of carbonyl (C=O) groups is 3. The van der Waals surface area contributed by atoms with E-state index in [-0.39, 0.29) is 29.6 Å². The van der Waals surface area contributed by atoms with Gasteiger partial charge in [-0.15, -0.1) is 11.3 Å².